The van der Waals surface area contributed by atoms with Crippen LogP contribution in [0.2, 0.25) is 0 Å². The first kappa shape index (κ1) is 27.0. The molecule has 2 aromatic carbocycles. The lowest BCUT2D eigenvalue weighted by atomic mass is 10.0. The third kappa shape index (κ3) is 6.08. The number of nitrogens with one attached hydrogen (secondary N) is 1. The van der Waals surface area contributed by atoms with Gasteiger partial charge in [-0.3, -0.25) is 10.1 Å². The molecule has 1 aromatic heterocycles. The van der Waals surface area contributed by atoms with Crippen LogP contribution in [0.4, 0.5) is 6.01 Å². The van der Waals surface area contributed by atoms with E-state index >= 15 is 0 Å². The average molecular weight is 547 g/mol. The number of anilines is 1. The maximum absolute atomic E-state index is 12.9. The van der Waals surface area contributed by atoms with Crippen LogP contribution in [0.1, 0.15) is 55.4 Å². The second-order valence-corrected chi connectivity index (χ2v) is 13.9. The highest BCUT2D eigenvalue weighted by Gasteiger charge is 2.28. The minimum absolute atomic E-state index is 0.0991. The molecule has 1 fully saturated rings. The van der Waals surface area contributed by atoms with Crippen molar-refractivity contribution in [2.45, 2.75) is 55.1 Å². The van der Waals surface area contributed by atoms with Gasteiger partial charge in [0.05, 0.1) is 21.5 Å². The molecule has 0 spiro atoms. The molecule has 10 nitrogen and oxygen atoms in total. The normalized spacial score (nSPS) is 17.1. The van der Waals surface area contributed by atoms with E-state index in [4.69, 9.17) is 4.42 Å². The highest BCUT2D eigenvalue weighted by Crippen LogP contribution is 2.24. The van der Waals surface area contributed by atoms with Crippen LogP contribution in [0.3, 0.4) is 0 Å². The van der Waals surface area contributed by atoms with E-state index in [0.29, 0.717) is 19.0 Å². The summed E-state index contributed by atoms with van der Waals surface area (Å²) in [6, 6.07) is 12.1. The monoisotopic (exact) mass is 546 g/mol. The lowest BCUT2D eigenvalue weighted by Gasteiger charge is -2.30. The van der Waals surface area contributed by atoms with Crippen LogP contribution >= 0.6 is 0 Å². The molecule has 1 aliphatic heterocycles. The molecule has 4 rings (SSSR count). The highest BCUT2D eigenvalue weighted by molar-refractivity contribution is 7.92. The molecule has 37 heavy (non-hydrogen) atoms. The second kappa shape index (κ2) is 10.7. The Morgan fingerprint density at radius 3 is 2.30 bits per heavy atom. The Kier molecular flexibility index (Phi) is 7.81. The van der Waals surface area contributed by atoms with Gasteiger partial charge in [-0.2, -0.15) is 4.31 Å². The highest BCUT2D eigenvalue weighted by atomic mass is 32.2. The van der Waals surface area contributed by atoms with Crippen LogP contribution in [-0.2, 0) is 26.3 Å². The Bertz CT molecular complexity index is 1460. The van der Waals surface area contributed by atoms with Gasteiger partial charge < -0.3 is 4.42 Å². The molecule has 1 aliphatic rings. The quantitative estimate of drug-likeness (QED) is 0.453. The summed E-state index contributed by atoms with van der Waals surface area (Å²) in [5.41, 5.74) is 1.01. The number of sulfone groups is 1. The predicted octanol–water partition coefficient (Wildman–Crippen LogP) is 3.52. The zero-order chi connectivity index (χ0) is 26.8. The van der Waals surface area contributed by atoms with Gasteiger partial charge in [0.2, 0.25) is 15.9 Å². The van der Waals surface area contributed by atoms with Crippen molar-refractivity contribution < 1.29 is 26.0 Å². The summed E-state index contributed by atoms with van der Waals surface area (Å²) in [5.74, 6) is 0.0363. The number of aromatic nitrogens is 2. The van der Waals surface area contributed by atoms with Gasteiger partial charge in [0, 0.05) is 18.7 Å². The molecule has 0 aliphatic carbocycles. The molecule has 1 unspecified atom stereocenters. The Morgan fingerprint density at radius 2 is 1.68 bits per heavy atom. The standard InChI is InChI=1S/C25H30N4O6S2/c1-17(2)36(31,32)21-10-6-19(7-11-21)15-23-27-28-25(35-23)26-24(30)20-8-12-22(13-9-20)37(33,34)29-14-4-5-18(3)16-29/h6-13,17-18H,4-5,14-16H2,1-3H3,(H,26,28,30). The smallest absolute Gasteiger partial charge is 0.322 e. The Labute approximate surface area is 217 Å². The van der Waals surface area contributed by atoms with Gasteiger partial charge in [0.25, 0.3) is 5.91 Å². The SMILES string of the molecule is CC1CCCN(S(=O)(=O)c2ccc(C(=O)Nc3nnc(Cc4ccc(S(=O)(=O)C(C)C)cc4)o3)cc2)C1. The minimum Gasteiger partial charge on any atom is -0.407 e. The Hall–Kier alpha value is -3.09. The molecule has 2 heterocycles. The summed E-state index contributed by atoms with van der Waals surface area (Å²) in [6.45, 7) is 6.28. The molecule has 0 bridgehead atoms. The molecule has 3 aromatic rings. The molecular formula is C25H30N4O6S2. The van der Waals surface area contributed by atoms with Crippen LogP contribution in [0.5, 0.6) is 0 Å². The van der Waals surface area contributed by atoms with Crippen molar-refractivity contribution in [3.63, 3.8) is 0 Å². The molecule has 1 atom stereocenters. The van der Waals surface area contributed by atoms with E-state index in [2.05, 4.69) is 15.5 Å². The molecule has 0 radical (unpaired) electrons. The number of benzene rings is 2. The third-order valence-electron chi connectivity index (χ3n) is 6.29. The summed E-state index contributed by atoms with van der Waals surface area (Å²) in [5, 5.41) is 9.76. The van der Waals surface area contributed by atoms with Crippen molar-refractivity contribution in [1.29, 1.82) is 0 Å². The molecule has 12 heteroatoms. The van der Waals surface area contributed by atoms with E-state index in [1.165, 1.54) is 28.6 Å². The fraction of sp³-hybridized carbons (Fsp3) is 0.400. The van der Waals surface area contributed by atoms with E-state index in [-0.39, 0.29) is 33.7 Å². The zero-order valence-corrected chi connectivity index (χ0v) is 22.5. The number of hydrogen-bond donors (Lipinski definition) is 1. The van der Waals surface area contributed by atoms with Gasteiger partial charge in [0.1, 0.15) is 0 Å². The van der Waals surface area contributed by atoms with E-state index in [0.717, 1.165) is 18.4 Å². The average Bonchev–Trinajstić information content (AvgIpc) is 3.30. The summed E-state index contributed by atoms with van der Waals surface area (Å²) in [7, 11) is -6.97. The van der Waals surface area contributed by atoms with Crippen molar-refractivity contribution in [2.75, 3.05) is 18.4 Å². The van der Waals surface area contributed by atoms with E-state index < -0.39 is 31.0 Å². The van der Waals surface area contributed by atoms with Crippen molar-refractivity contribution in [1.82, 2.24) is 14.5 Å². The fourth-order valence-electron chi connectivity index (χ4n) is 4.08. The predicted molar refractivity (Wildman–Crippen MR) is 137 cm³/mol. The van der Waals surface area contributed by atoms with Crippen molar-refractivity contribution in [2.24, 2.45) is 5.92 Å². The van der Waals surface area contributed by atoms with Crippen LogP contribution in [0.25, 0.3) is 0 Å². The summed E-state index contributed by atoms with van der Waals surface area (Å²) >= 11 is 0. The van der Waals surface area contributed by atoms with Crippen LogP contribution in [0.15, 0.2) is 62.7 Å². The summed E-state index contributed by atoms with van der Waals surface area (Å²) in [4.78, 5) is 13.0. The van der Waals surface area contributed by atoms with E-state index in [9.17, 15) is 21.6 Å². The number of sulfonamides is 1. The number of nitrogens with zero attached hydrogens (tertiary/aromatic N) is 3. The van der Waals surface area contributed by atoms with Crippen LogP contribution in [0, 0.1) is 5.92 Å². The van der Waals surface area contributed by atoms with Gasteiger partial charge in [-0.05, 0) is 74.6 Å². The molecule has 0 saturated carbocycles. The Morgan fingerprint density at radius 1 is 1.03 bits per heavy atom. The van der Waals surface area contributed by atoms with Gasteiger partial charge in [-0.25, -0.2) is 16.8 Å². The summed E-state index contributed by atoms with van der Waals surface area (Å²) in [6.07, 6.45) is 2.10. The first-order chi connectivity index (χ1) is 17.5. The maximum Gasteiger partial charge on any atom is 0.322 e. The summed E-state index contributed by atoms with van der Waals surface area (Å²) < 4.78 is 57.4. The number of hydrogen-bond acceptors (Lipinski definition) is 8. The number of carbonyl (C=O) groups excluding carboxylic acids is 1. The van der Waals surface area contributed by atoms with E-state index in [1.54, 1.807) is 38.1 Å². The topological polar surface area (TPSA) is 140 Å². The first-order valence-corrected chi connectivity index (χ1v) is 15.0. The molecule has 1 N–H and O–H groups in total. The second-order valence-electron chi connectivity index (χ2n) is 9.50. The number of piperidine rings is 1. The molecular weight excluding hydrogens is 516 g/mol. The number of carbonyl (C=O) groups is 1. The molecule has 1 saturated heterocycles. The van der Waals surface area contributed by atoms with Crippen molar-refractivity contribution >= 4 is 31.8 Å². The van der Waals surface area contributed by atoms with Crippen LogP contribution in [-0.4, -0.2) is 55.6 Å². The first-order valence-electron chi connectivity index (χ1n) is 12.0. The molecule has 198 valence electrons. The van der Waals surface area contributed by atoms with Gasteiger partial charge in [-0.15, -0.1) is 5.10 Å². The number of amides is 1. The lowest BCUT2D eigenvalue weighted by molar-refractivity contribution is 0.102. The fourth-order valence-corrected chi connectivity index (χ4v) is 6.74. The van der Waals surface area contributed by atoms with Gasteiger partial charge in [0.15, 0.2) is 9.84 Å². The Balaban J connectivity index is 1.38. The largest absolute Gasteiger partial charge is 0.407 e. The number of rotatable bonds is 8. The van der Waals surface area contributed by atoms with Gasteiger partial charge in [-0.1, -0.05) is 24.2 Å². The third-order valence-corrected chi connectivity index (χ3v) is 10.3. The zero-order valence-electron chi connectivity index (χ0n) is 20.9. The molecule has 1 amide bonds. The minimum atomic E-state index is -3.61. The maximum atomic E-state index is 12.9. The lowest BCUT2D eigenvalue weighted by Crippen LogP contribution is -2.39. The van der Waals surface area contributed by atoms with Crippen molar-refractivity contribution in [3.8, 4) is 0 Å². The van der Waals surface area contributed by atoms with Crippen molar-refractivity contribution in [3.05, 3.63) is 65.5 Å². The van der Waals surface area contributed by atoms with Crippen LogP contribution < -0.4 is 5.32 Å². The van der Waals surface area contributed by atoms with E-state index in [1.807, 2.05) is 6.92 Å². The van der Waals surface area contributed by atoms with Gasteiger partial charge >= 0.3 is 6.01 Å².